The number of rotatable bonds is 2. The van der Waals surface area contributed by atoms with E-state index >= 15 is 0 Å². The number of nitrogens with two attached hydrogens (primary N) is 1. The quantitative estimate of drug-likeness (QED) is 0.787. The van der Waals surface area contributed by atoms with Gasteiger partial charge in [0.25, 0.3) is 0 Å². The maximum absolute atomic E-state index is 12.6. The molecule has 2 aliphatic rings. The van der Waals surface area contributed by atoms with Crippen molar-refractivity contribution in [2.45, 2.75) is 51.7 Å². The van der Waals surface area contributed by atoms with Crippen LogP contribution in [0.4, 0.5) is 0 Å². The van der Waals surface area contributed by atoms with E-state index in [1.165, 1.54) is 0 Å². The minimum atomic E-state index is -0.267. The van der Waals surface area contributed by atoms with Crippen LogP contribution in [-0.2, 0) is 9.53 Å². The summed E-state index contributed by atoms with van der Waals surface area (Å²) in [5.41, 5.74) is 5.60. The summed E-state index contributed by atoms with van der Waals surface area (Å²) in [4.78, 5) is 14.6. The normalized spacial score (nSPS) is 32.8. The number of carbonyl (C=O) groups excluding carboxylic acids is 1. The Morgan fingerprint density at radius 3 is 2.29 bits per heavy atom. The largest absolute Gasteiger partial charge is 0.372 e. The highest BCUT2D eigenvalue weighted by molar-refractivity contribution is 5.83. The van der Waals surface area contributed by atoms with Crippen LogP contribution < -0.4 is 5.73 Å². The predicted molar refractivity (Wildman–Crippen MR) is 66.5 cm³/mol. The Bertz CT molecular complexity index is 277. The Morgan fingerprint density at radius 2 is 1.82 bits per heavy atom. The van der Waals surface area contributed by atoms with Gasteiger partial charge in [-0.05, 0) is 26.7 Å². The summed E-state index contributed by atoms with van der Waals surface area (Å²) >= 11 is 0. The zero-order valence-electron chi connectivity index (χ0n) is 10.9. The summed E-state index contributed by atoms with van der Waals surface area (Å²) in [7, 11) is 0. The molecular weight excluding hydrogens is 216 g/mol. The fourth-order valence-corrected chi connectivity index (χ4v) is 3.24. The molecule has 17 heavy (non-hydrogen) atoms. The molecule has 1 amide bonds. The number of ether oxygens (including phenoxy) is 1. The second-order valence-corrected chi connectivity index (χ2v) is 5.66. The first-order valence-corrected chi connectivity index (χ1v) is 6.72. The Morgan fingerprint density at radius 1 is 1.29 bits per heavy atom. The number of carbonyl (C=O) groups is 1. The minimum absolute atomic E-state index is 0.138. The molecule has 1 aliphatic heterocycles. The number of amides is 1. The van der Waals surface area contributed by atoms with Gasteiger partial charge in [-0.25, -0.2) is 0 Å². The first-order chi connectivity index (χ1) is 8.07. The molecule has 1 saturated heterocycles. The highest BCUT2D eigenvalue weighted by atomic mass is 16.5. The van der Waals surface area contributed by atoms with E-state index in [2.05, 4.69) is 0 Å². The van der Waals surface area contributed by atoms with Crippen LogP contribution in [0.1, 0.15) is 39.5 Å². The lowest BCUT2D eigenvalue weighted by Crippen LogP contribution is -2.54. The summed E-state index contributed by atoms with van der Waals surface area (Å²) in [5, 5.41) is 0. The Balaban J connectivity index is 2.08. The van der Waals surface area contributed by atoms with Gasteiger partial charge in [-0.15, -0.1) is 0 Å². The number of nitrogens with zero attached hydrogens (tertiary/aromatic N) is 1. The van der Waals surface area contributed by atoms with Crippen molar-refractivity contribution >= 4 is 5.91 Å². The van der Waals surface area contributed by atoms with E-state index in [9.17, 15) is 4.79 Å². The van der Waals surface area contributed by atoms with Gasteiger partial charge in [0, 0.05) is 19.6 Å². The second-order valence-electron chi connectivity index (χ2n) is 5.66. The number of hydrogen-bond donors (Lipinski definition) is 1. The Kier molecular flexibility index (Phi) is 3.73. The van der Waals surface area contributed by atoms with E-state index in [1.54, 1.807) is 0 Å². The van der Waals surface area contributed by atoms with Gasteiger partial charge in [0.1, 0.15) is 0 Å². The van der Waals surface area contributed by atoms with E-state index in [0.29, 0.717) is 19.6 Å². The van der Waals surface area contributed by atoms with E-state index in [1.807, 2.05) is 18.7 Å². The maximum Gasteiger partial charge on any atom is 0.230 e. The van der Waals surface area contributed by atoms with Crippen molar-refractivity contribution in [1.29, 1.82) is 0 Å². The van der Waals surface area contributed by atoms with Crippen LogP contribution >= 0.6 is 0 Å². The van der Waals surface area contributed by atoms with Crippen molar-refractivity contribution in [2.75, 3.05) is 19.6 Å². The third-order valence-electron chi connectivity index (χ3n) is 4.11. The van der Waals surface area contributed by atoms with E-state index in [0.717, 1.165) is 25.7 Å². The van der Waals surface area contributed by atoms with Crippen LogP contribution in [0.3, 0.4) is 0 Å². The van der Waals surface area contributed by atoms with E-state index < -0.39 is 0 Å². The average molecular weight is 240 g/mol. The second kappa shape index (κ2) is 4.94. The van der Waals surface area contributed by atoms with Crippen LogP contribution in [-0.4, -0.2) is 42.6 Å². The zero-order chi connectivity index (χ0) is 12.5. The molecule has 0 radical (unpaired) electrons. The van der Waals surface area contributed by atoms with E-state index in [4.69, 9.17) is 10.5 Å². The molecule has 0 bridgehead atoms. The van der Waals surface area contributed by atoms with Gasteiger partial charge in [-0.2, -0.15) is 0 Å². The van der Waals surface area contributed by atoms with Crippen LogP contribution in [0.2, 0.25) is 0 Å². The van der Waals surface area contributed by atoms with Crippen LogP contribution in [0.15, 0.2) is 0 Å². The number of morpholine rings is 1. The lowest BCUT2D eigenvalue weighted by molar-refractivity contribution is -0.153. The standard InChI is InChI=1S/C13H24N2O2/c1-10-7-15(8-11(2)17-10)12(16)13(9-14)5-3-4-6-13/h10-11H,3-9,14H2,1-2H3. The van der Waals surface area contributed by atoms with Crippen molar-refractivity contribution < 1.29 is 9.53 Å². The molecule has 1 saturated carbocycles. The third-order valence-corrected chi connectivity index (χ3v) is 4.11. The number of hydrogen-bond acceptors (Lipinski definition) is 3. The molecule has 4 nitrogen and oxygen atoms in total. The SMILES string of the molecule is CC1CN(C(=O)C2(CN)CCCC2)CC(C)O1. The molecule has 0 spiro atoms. The molecule has 0 aromatic carbocycles. The topological polar surface area (TPSA) is 55.6 Å². The molecule has 2 rings (SSSR count). The lowest BCUT2D eigenvalue weighted by atomic mass is 9.84. The summed E-state index contributed by atoms with van der Waals surface area (Å²) in [5.74, 6) is 0.263. The van der Waals surface area contributed by atoms with Crippen LogP contribution in [0, 0.1) is 5.41 Å². The van der Waals surface area contributed by atoms with Gasteiger partial charge in [0.05, 0.1) is 17.6 Å². The Hall–Kier alpha value is -0.610. The van der Waals surface area contributed by atoms with Crippen LogP contribution in [0.5, 0.6) is 0 Å². The van der Waals surface area contributed by atoms with Gasteiger partial charge in [-0.1, -0.05) is 12.8 Å². The van der Waals surface area contributed by atoms with Crippen LogP contribution in [0.25, 0.3) is 0 Å². The van der Waals surface area contributed by atoms with Crippen molar-refractivity contribution in [3.05, 3.63) is 0 Å². The smallest absolute Gasteiger partial charge is 0.230 e. The molecule has 2 unspecified atom stereocenters. The first kappa shape index (κ1) is 12.8. The summed E-state index contributed by atoms with van der Waals surface area (Å²) in [6.45, 7) is 5.97. The van der Waals surface area contributed by atoms with Gasteiger partial charge < -0.3 is 15.4 Å². The van der Waals surface area contributed by atoms with Crippen molar-refractivity contribution in [3.63, 3.8) is 0 Å². The van der Waals surface area contributed by atoms with Gasteiger partial charge in [0.15, 0.2) is 0 Å². The van der Waals surface area contributed by atoms with Gasteiger partial charge in [0.2, 0.25) is 5.91 Å². The highest BCUT2D eigenvalue weighted by Gasteiger charge is 2.43. The monoisotopic (exact) mass is 240 g/mol. The average Bonchev–Trinajstić information content (AvgIpc) is 2.76. The molecule has 98 valence electrons. The summed E-state index contributed by atoms with van der Waals surface area (Å²) in [6, 6.07) is 0. The molecule has 4 heteroatoms. The van der Waals surface area contributed by atoms with Crippen molar-refractivity contribution in [1.82, 2.24) is 4.90 Å². The molecule has 2 N–H and O–H groups in total. The van der Waals surface area contributed by atoms with Crippen molar-refractivity contribution in [3.8, 4) is 0 Å². The van der Waals surface area contributed by atoms with Gasteiger partial charge >= 0.3 is 0 Å². The molecule has 2 fully saturated rings. The summed E-state index contributed by atoms with van der Waals surface area (Å²) in [6.07, 6.45) is 4.47. The van der Waals surface area contributed by atoms with Crippen molar-refractivity contribution in [2.24, 2.45) is 11.1 Å². The maximum atomic E-state index is 12.6. The fourth-order valence-electron chi connectivity index (χ4n) is 3.24. The fraction of sp³-hybridized carbons (Fsp3) is 0.923. The molecular formula is C13H24N2O2. The molecule has 1 heterocycles. The third kappa shape index (κ3) is 2.47. The minimum Gasteiger partial charge on any atom is -0.372 e. The van der Waals surface area contributed by atoms with E-state index in [-0.39, 0.29) is 23.5 Å². The molecule has 0 aromatic rings. The molecule has 2 atom stereocenters. The molecule has 1 aliphatic carbocycles. The molecule has 0 aromatic heterocycles. The predicted octanol–water partition coefficient (Wildman–Crippen LogP) is 1.14. The zero-order valence-corrected chi connectivity index (χ0v) is 10.9. The van der Waals surface area contributed by atoms with Gasteiger partial charge in [-0.3, -0.25) is 4.79 Å². The lowest BCUT2D eigenvalue weighted by Gasteiger charge is -2.40. The summed E-state index contributed by atoms with van der Waals surface area (Å²) < 4.78 is 5.67. The first-order valence-electron chi connectivity index (χ1n) is 6.72. The highest BCUT2D eigenvalue weighted by Crippen LogP contribution is 2.39. The Labute approximate surface area is 103 Å².